The average Bonchev–Trinajstić information content (AvgIpc) is 2.93. The quantitative estimate of drug-likeness (QED) is 0.942. The van der Waals surface area contributed by atoms with Gasteiger partial charge in [0.2, 0.25) is 0 Å². The Morgan fingerprint density at radius 2 is 2.05 bits per heavy atom. The van der Waals surface area contributed by atoms with Gasteiger partial charge >= 0.3 is 0 Å². The molecule has 0 saturated carbocycles. The molecule has 118 valence electrons. The maximum atomic E-state index is 10.8. The summed E-state index contributed by atoms with van der Waals surface area (Å²) in [4.78, 5) is 11.3. The van der Waals surface area contributed by atoms with Gasteiger partial charge in [-0.25, -0.2) is 4.98 Å². The van der Waals surface area contributed by atoms with Crippen LogP contribution in [0.3, 0.4) is 0 Å². The molecule has 0 amide bonds. The fraction of sp³-hybridized carbons (Fsp3) is 0.529. The Kier molecular flexibility index (Phi) is 4.57. The summed E-state index contributed by atoms with van der Waals surface area (Å²) in [6.07, 6.45) is 4.33. The van der Waals surface area contributed by atoms with Crippen LogP contribution in [-0.4, -0.2) is 39.6 Å². The highest BCUT2D eigenvalue weighted by molar-refractivity contribution is 7.09. The summed E-state index contributed by atoms with van der Waals surface area (Å²) >= 11 is 1.71. The minimum atomic E-state index is -0.762. The highest BCUT2D eigenvalue weighted by Crippen LogP contribution is 2.31. The van der Waals surface area contributed by atoms with E-state index in [1.807, 2.05) is 32.2 Å². The molecule has 3 rings (SSSR count). The number of hydrogen-bond acceptors (Lipinski definition) is 5. The summed E-state index contributed by atoms with van der Waals surface area (Å²) in [5, 5.41) is 14.1. The van der Waals surface area contributed by atoms with Gasteiger partial charge in [-0.2, -0.15) is 0 Å². The minimum Gasteiger partial charge on any atom is -0.383 e. The Morgan fingerprint density at radius 1 is 1.27 bits per heavy atom. The van der Waals surface area contributed by atoms with Crippen LogP contribution in [0.2, 0.25) is 0 Å². The Balaban J connectivity index is 1.54. The van der Waals surface area contributed by atoms with Gasteiger partial charge in [0.05, 0.1) is 16.4 Å². The van der Waals surface area contributed by atoms with E-state index in [-0.39, 0.29) is 0 Å². The number of hydrogen-bond donors (Lipinski definition) is 1. The third-order valence-electron chi connectivity index (χ3n) is 4.42. The zero-order chi connectivity index (χ0) is 15.6. The summed E-state index contributed by atoms with van der Waals surface area (Å²) in [6, 6.07) is 3.99. The maximum absolute atomic E-state index is 10.8. The number of aromatic nitrogens is 2. The molecular formula is C17H23N3OS. The molecule has 1 N–H and O–H groups in total. The zero-order valence-electron chi connectivity index (χ0n) is 13.2. The van der Waals surface area contributed by atoms with E-state index >= 15 is 0 Å². The first kappa shape index (κ1) is 15.6. The van der Waals surface area contributed by atoms with Crippen LogP contribution in [0.4, 0.5) is 0 Å². The Labute approximate surface area is 135 Å². The van der Waals surface area contributed by atoms with E-state index in [4.69, 9.17) is 0 Å². The van der Waals surface area contributed by atoms with E-state index in [2.05, 4.69) is 20.2 Å². The molecule has 1 aliphatic heterocycles. The van der Waals surface area contributed by atoms with Gasteiger partial charge in [0.25, 0.3) is 0 Å². The molecule has 0 atom stereocenters. The van der Waals surface area contributed by atoms with Gasteiger partial charge in [0.15, 0.2) is 0 Å². The molecule has 1 aliphatic rings. The number of piperidine rings is 1. The molecule has 0 radical (unpaired) electrons. The predicted molar refractivity (Wildman–Crippen MR) is 89.1 cm³/mol. The first-order valence-corrected chi connectivity index (χ1v) is 8.72. The first-order valence-electron chi connectivity index (χ1n) is 7.84. The predicted octanol–water partition coefficient (Wildman–Crippen LogP) is 2.68. The second kappa shape index (κ2) is 6.44. The van der Waals surface area contributed by atoms with Gasteiger partial charge in [-0.1, -0.05) is 6.07 Å². The van der Waals surface area contributed by atoms with Gasteiger partial charge in [-0.3, -0.25) is 4.98 Å². The van der Waals surface area contributed by atoms with Crippen LogP contribution >= 0.6 is 11.3 Å². The lowest BCUT2D eigenvalue weighted by Gasteiger charge is -2.37. The maximum Gasteiger partial charge on any atom is 0.109 e. The summed E-state index contributed by atoms with van der Waals surface area (Å²) < 4.78 is 0. The molecule has 3 heterocycles. The molecule has 0 bridgehead atoms. The Bertz CT molecular complexity index is 615. The van der Waals surface area contributed by atoms with Gasteiger partial charge in [0.1, 0.15) is 5.60 Å². The van der Waals surface area contributed by atoms with Crippen LogP contribution in [-0.2, 0) is 12.0 Å². The van der Waals surface area contributed by atoms with Crippen molar-refractivity contribution in [2.24, 2.45) is 0 Å². The van der Waals surface area contributed by atoms with Gasteiger partial charge < -0.3 is 10.0 Å². The highest BCUT2D eigenvalue weighted by atomic mass is 32.1. The summed E-state index contributed by atoms with van der Waals surface area (Å²) in [7, 11) is 0. The van der Waals surface area contributed by atoms with E-state index < -0.39 is 5.60 Å². The monoisotopic (exact) mass is 317 g/mol. The van der Waals surface area contributed by atoms with E-state index in [1.165, 1.54) is 5.69 Å². The lowest BCUT2D eigenvalue weighted by molar-refractivity contribution is -0.0290. The summed E-state index contributed by atoms with van der Waals surface area (Å²) in [6.45, 7) is 6.90. The van der Waals surface area contributed by atoms with Crippen molar-refractivity contribution in [2.75, 3.05) is 19.6 Å². The lowest BCUT2D eigenvalue weighted by atomic mass is 9.87. The van der Waals surface area contributed by atoms with Crippen molar-refractivity contribution < 1.29 is 5.11 Å². The van der Waals surface area contributed by atoms with Crippen molar-refractivity contribution in [3.63, 3.8) is 0 Å². The van der Waals surface area contributed by atoms with Gasteiger partial charge in [0, 0.05) is 37.6 Å². The SMILES string of the molecule is Cc1ccc(C2(O)CCN(CCc3csc(C)n3)CC2)nc1. The zero-order valence-corrected chi connectivity index (χ0v) is 14.1. The van der Waals surface area contributed by atoms with Crippen molar-refractivity contribution >= 4 is 11.3 Å². The smallest absolute Gasteiger partial charge is 0.109 e. The second-order valence-electron chi connectivity index (χ2n) is 6.20. The van der Waals surface area contributed by atoms with Crippen LogP contribution in [0.25, 0.3) is 0 Å². The number of aliphatic hydroxyl groups is 1. The average molecular weight is 317 g/mol. The molecule has 0 aromatic carbocycles. The highest BCUT2D eigenvalue weighted by Gasteiger charge is 2.34. The fourth-order valence-corrected chi connectivity index (χ4v) is 3.59. The number of rotatable bonds is 4. The third kappa shape index (κ3) is 3.54. The molecule has 22 heavy (non-hydrogen) atoms. The van der Waals surface area contributed by atoms with Crippen molar-refractivity contribution in [3.05, 3.63) is 45.7 Å². The standard InChI is InChI=1S/C17H23N3OS/c1-13-3-4-16(18-11-13)17(21)6-9-20(10-7-17)8-5-15-12-22-14(2)19-15/h3-4,11-12,21H,5-10H2,1-2H3. The molecule has 2 aromatic heterocycles. The van der Waals surface area contributed by atoms with Crippen molar-refractivity contribution in [1.82, 2.24) is 14.9 Å². The van der Waals surface area contributed by atoms with Crippen molar-refractivity contribution in [1.29, 1.82) is 0 Å². The summed E-state index contributed by atoms with van der Waals surface area (Å²) in [5.41, 5.74) is 2.36. The number of likely N-dealkylation sites (tertiary alicyclic amines) is 1. The van der Waals surface area contributed by atoms with E-state index in [0.717, 1.165) is 55.2 Å². The molecular weight excluding hydrogens is 294 g/mol. The molecule has 2 aromatic rings. The molecule has 5 heteroatoms. The number of nitrogens with zero attached hydrogens (tertiary/aromatic N) is 3. The molecule has 0 unspecified atom stereocenters. The van der Waals surface area contributed by atoms with Gasteiger partial charge in [-0.05, 0) is 38.3 Å². The molecule has 1 fully saturated rings. The van der Waals surface area contributed by atoms with Crippen LogP contribution < -0.4 is 0 Å². The summed E-state index contributed by atoms with van der Waals surface area (Å²) in [5.74, 6) is 0. The number of pyridine rings is 1. The first-order chi connectivity index (χ1) is 10.5. The fourth-order valence-electron chi connectivity index (χ4n) is 2.94. The Hall–Kier alpha value is -1.30. The minimum absolute atomic E-state index is 0.749. The molecule has 0 spiro atoms. The van der Waals surface area contributed by atoms with Crippen LogP contribution in [0.15, 0.2) is 23.7 Å². The molecule has 0 aliphatic carbocycles. The second-order valence-corrected chi connectivity index (χ2v) is 7.26. The lowest BCUT2D eigenvalue weighted by Crippen LogP contribution is -2.43. The molecule has 4 nitrogen and oxygen atoms in total. The Morgan fingerprint density at radius 3 is 2.64 bits per heavy atom. The molecule has 1 saturated heterocycles. The van der Waals surface area contributed by atoms with Crippen molar-refractivity contribution in [2.45, 2.75) is 38.7 Å². The van der Waals surface area contributed by atoms with Gasteiger partial charge in [-0.15, -0.1) is 11.3 Å². The van der Waals surface area contributed by atoms with E-state index in [1.54, 1.807) is 11.3 Å². The van der Waals surface area contributed by atoms with Crippen LogP contribution in [0.1, 0.15) is 34.8 Å². The number of thiazole rings is 1. The van der Waals surface area contributed by atoms with Crippen LogP contribution in [0.5, 0.6) is 0 Å². The normalized spacial score (nSPS) is 18.5. The topological polar surface area (TPSA) is 49.2 Å². The van der Waals surface area contributed by atoms with E-state index in [9.17, 15) is 5.11 Å². The van der Waals surface area contributed by atoms with Crippen LogP contribution in [0, 0.1) is 13.8 Å². The third-order valence-corrected chi connectivity index (χ3v) is 5.24. The van der Waals surface area contributed by atoms with E-state index in [0.29, 0.717) is 0 Å². The number of aryl methyl sites for hydroxylation is 2. The largest absolute Gasteiger partial charge is 0.383 e. The van der Waals surface area contributed by atoms with Crippen molar-refractivity contribution in [3.8, 4) is 0 Å².